The van der Waals surface area contributed by atoms with Crippen molar-refractivity contribution in [1.82, 2.24) is 10.3 Å². The maximum atomic E-state index is 11.8. The van der Waals surface area contributed by atoms with Crippen molar-refractivity contribution < 1.29 is 14.3 Å². The van der Waals surface area contributed by atoms with Crippen LogP contribution in [0, 0.1) is 11.5 Å². The van der Waals surface area contributed by atoms with E-state index < -0.39 is 5.97 Å². The average Bonchev–Trinajstić information content (AvgIpc) is 2.62. The van der Waals surface area contributed by atoms with Crippen molar-refractivity contribution in [3.8, 4) is 17.8 Å². The van der Waals surface area contributed by atoms with Gasteiger partial charge < -0.3 is 9.47 Å². The minimum atomic E-state index is -0.430. The van der Waals surface area contributed by atoms with Gasteiger partial charge in [-0.2, -0.15) is 5.26 Å². The smallest absolute Gasteiger partial charge is 0.338 e. The lowest BCUT2D eigenvalue weighted by Gasteiger charge is -2.07. The van der Waals surface area contributed by atoms with Crippen LogP contribution in [0.3, 0.4) is 0 Å². The van der Waals surface area contributed by atoms with Gasteiger partial charge in [-0.05, 0) is 31.4 Å². The average molecular weight is 356 g/mol. The molecule has 0 radical (unpaired) electrons. The van der Waals surface area contributed by atoms with Crippen LogP contribution in [-0.2, 0) is 4.74 Å². The highest BCUT2D eigenvalue weighted by atomic mass is 32.2. The number of thioether (sulfide) groups is 1. The fourth-order valence-corrected chi connectivity index (χ4v) is 2.18. The predicted octanol–water partition coefficient (Wildman–Crippen LogP) is 3.47. The van der Waals surface area contributed by atoms with E-state index in [1.165, 1.54) is 24.0 Å². The lowest BCUT2D eigenvalue weighted by Crippen LogP contribution is -2.12. The molecule has 0 saturated carbocycles. The second-order valence-electron chi connectivity index (χ2n) is 4.56. The molecule has 7 nitrogen and oxygen atoms in total. The number of aliphatic imine (C=N–C) groups is 1. The number of nitriles is 1. The summed E-state index contributed by atoms with van der Waals surface area (Å²) >= 11 is 1.32. The molecule has 128 valence electrons. The molecule has 1 aromatic carbocycles. The van der Waals surface area contributed by atoms with Crippen LogP contribution < -0.4 is 10.1 Å². The van der Waals surface area contributed by atoms with Crippen LogP contribution in [0.15, 0.2) is 47.6 Å². The number of amidine groups is 1. The van der Waals surface area contributed by atoms with Crippen molar-refractivity contribution in [3.63, 3.8) is 0 Å². The molecule has 0 bridgehead atoms. The molecule has 0 atom stereocenters. The summed E-state index contributed by atoms with van der Waals surface area (Å²) in [6.07, 6.45) is 5.13. The van der Waals surface area contributed by atoms with E-state index in [9.17, 15) is 4.79 Å². The molecule has 0 aliphatic carbocycles. The van der Waals surface area contributed by atoms with Gasteiger partial charge in [0.25, 0.3) is 0 Å². The van der Waals surface area contributed by atoms with Gasteiger partial charge in [-0.25, -0.2) is 14.8 Å². The Morgan fingerprint density at radius 1 is 1.40 bits per heavy atom. The molecule has 0 spiro atoms. The minimum Gasteiger partial charge on any atom is -0.462 e. The zero-order chi connectivity index (χ0) is 18.1. The Balaban J connectivity index is 2.19. The summed E-state index contributed by atoms with van der Waals surface area (Å²) < 4.78 is 10.6. The third kappa shape index (κ3) is 5.51. The van der Waals surface area contributed by atoms with E-state index in [1.54, 1.807) is 37.3 Å². The maximum absolute atomic E-state index is 11.8. The molecule has 0 amide bonds. The van der Waals surface area contributed by atoms with Gasteiger partial charge >= 0.3 is 5.97 Å². The van der Waals surface area contributed by atoms with Crippen molar-refractivity contribution in [2.24, 2.45) is 4.99 Å². The Morgan fingerprint density at radius 3 is 2.96 bits per heavy atom. The predicted molar refractivity (Wildman–Crippen MR) is 96.1 cm³/mol. The van der Waals surface area contributed by atoms with E-state index in [2.05, 4.69) is 15.3 Å². The Hall–Kier alpha value is -3.05. The fourth-order valence-electron chi connectivity index (χ4n) is 1.83. The number of carbonyl (C=O) groups is 1. The number of esters is 1. The highest BCUT2D eigenvalue weighted by molar-refractivity contribution is 8.13. The molecule has 2 aromatic rings. The van der Waals surface area contributed by atoms with Crippen LogP contribution in [-0.4, -0.2) is 29.0 Å². The number of nitrogens with zero attached hydrogens (tertiary/aromatic N) is 3. The second-order valence-corrected chi connectivity index (χ2v) is 5.36. The molecule has 0 fully saturated rings. The zero-order valence-electron chi connectivity index (χ0n) is 13.7. The van der Waals surface area contributed by atoms with Crippen molar-refractivity contribution in [1.29, 1.82) is 5.26 Å². The van der Waals surface area contributed by atoms with E-state index in [0.717, 1.165) is 0 Å². The summed E-state index contributed by atoms with van der Waals surface area (Å²) in [7, 11) is 0. The van der Waals surface area contributed by atoms with E-state index in [4.69, 9.17) is 14.7 Å². The number of rotatable bonds is 5. The molecule has 1 N–H and O–H groups in total. The molecule has 1 aromatic heterocycles. The van der Waals surface area contributed by atoms with Gasteiger partial charge in [-0.3, -0.25) is 5.32 Å². The molecule has 0 saturated heterocycles. The SMILES string of the molecule is CCOC(=O)c1ccnc(Oc2cccc(N=C(NC#N)SC)c2)c1. The first-order valence-electron chi connectivity index (χ1n) is 7.35. The quantitative estimate of drug-likeness (QED) is 0.288. The Labute approximate surface area is 149 Å². The monoisotopic (exact) mass is 356 g/mol. The van der Waals surface area contributed by atoms with E-state index in [1.807, 2.05) is 12.4 Å². The number of ether oxygens (including phenoxy) is 2. The van der Waals surface area contributed by atoms with Gasteiger partial charge in [0.15, 0.2) is 11.4 Å². The summed E-state index contributed by atoms with van der Waals surface area (Å²) in [6, 6.07) is 10.1. The molecule has 2 rings (SSSR count). The van der Waals surface area contributed by atoms with Crippen molar-refractivity contribution in [2.75, 3.05) is 12.9 Å². The highest BCUT2D eigenvalue weighted by Gasteiger charge is 2.09. The Kier molecular flexibility index (Phi) is 6.80. The third-order valence-corrected chi connectivity index (χ3v) is 3.45. The van der Waals surface area contributed by atoms with Crippen LogP contribution in [0.2, 0.25) is 0 Å². The number of aromatic nitrogens is 1. The normalized spacial score (nSPS) is 10.7. The number of hydrogen-bond acceptors (Lipinski definition) is 7. The van der Waals surface area contributed by atoms with E-state index >= 15 is 0 Å². The Bertz CT molecular complexity index is 818. The molecule has 0 unspecified atom stereocenters. The molecule has 0 aliphatic heterocycles. The standard InChI is InChI=1S/C17H16N4O3S/c1-3-23-16(22)12-7-8-19-15(9-12)24-14-6-4-5-13(10-14)21-17(25-2)20-11-18/h4-10H,3H2,1-2H3,(H,20,21). The van der Waals surface area contributed by atoms with Gasteiger partial charge in [-0.15, -0.1) is 0 Å². The lowest BCUT2D eigenvalue weighted by atomic mass is 10.2. The summed E-state index contributed by atoms with van der Waals surface area (Å²) in [6.45, 7) is 2.04. The van der Waals surface area contributed by atoms with Crippen molar-refractivity contribution in [2.45, 2.75) is 6.92 Å². The van der Waals surface area contributed by atoms with Gasteiger partial charge in [-0.1, -0.05) is 17.8 Å². The van der Waals surface area contributed by atoms with Crippen LogP contribution in [0.5, 0.6) is 11.6 Å². The second kappa shape index (κ2) is 9.30. The molecular formula is C17H16N4O3S. The largest absolute Gasteiger partial charge is 0.462 e. The number of hydrogen-bond donors (Lipinski definition) is 1. The summed E-state index contributed by atoms with van der Waals surface area (Å²) in [4.78, 5) is 20.2. The fraction of sp³-hybridized carbons (Fsp3) is 0.176. The van der Waals surface area contributed by atoms with Gasteiger partial charge in [0.2, 0.25) is 5.88 Å². The topological polar surface area (TPSA) is 96.6 Å². The molecular weight excluding hydrogens is 340 g/mol. The molecule has 0 aliphatic rings. The number of benzene rings is 1. The molecule has 8 heteroatoms. The van der Waals surface area contributed by atoms with Crippen LogP contribution in [0.4, 0.5) is 5.69 Å². The van der Waals surface area contributed by atoms with Crippen LogP contribution in [0.1, 0.15) is 17.3 Å². The Morgan fingerprint density at radius 2 is 2.24 bits per heavy atom. The van der Waals surface area contributed by atoms with E-state index in [0.29, 0.717) is 28.8 Å². The van der Waals surface area contributed by atoms with Gasteiger partial charge in [0.1, 0.15) is 5.75 Å². The van der Waals surface area contributed by atoms with E-state index in [-0.39, 0.29) is 5.88 Å². The summed E-state index contributed by atoms with van der Waals surface area (Å²) in [5.41, 5.74) is 0.982. The molecule has 25 heavy (non-hydrogen) atoms. The summed E-state index contributed by atoms with van der Waals surface area (Å²) in [5, 5.41) is 11.6. The van der Waals surface area contributed by atoms with Crippen molar-refractivity contribution in [3.05, 3.63) is 48.2 Å². The van der Waals surface area contributed by atoms with Gasteiger partial charge in [0.05, 0.1) is 17.9 Å². The first kappa shape index (κ1) is 18.3. The highest BCUT2D eigenvalue weighted by Crippen LogP contribution is 2.25. The third-order valence-electron chi connectivity index (χ3n) is 2.87. The van der Waals surface area contributed by atoms with Crippen molar-refractivity contribution >= 4 is 28.6 Å². The number of nitrogens with one attached hydrogen (secondary N) is 1. The maximum Gasteiger partial charge on any atom is 0.338 e. The molecule has 1 heterocycles. The number of carbonyl (C=O) groups excluding carboxylic acids is 1. The minimum absolute atomic E-state index is 0.270. The first-order chi connectivity index (χ1) is 12.2. The van der Waals surface area contributed by atoms with Crippen LogP contribution in [0.25, 0.3) is 0 Å². The summed E-state index contributed by atoms with van der Waals surface area (Å²) in [5.74, 6) is 0.347. The zero-order valence-corrected chi connectivity index (χ0v) is 14.5. The number of pyridine rings is 1. The van der Waals surface area contributed by atoms with Gasteiger partial charge in [0, 0.05) is 18.3 Å². The first-order valence-corrected chi connectivity index (χ1v) is 8.57. The van der Waals surface area contributed by atoms with Crippen LogP contribution >= 0.6 is 11.8 Å². The lowest BCUT2D eigenvalue weighted by molar-refractivity contribution is 0.0526.